The van der Waals surface area contributed by atoms with Gasteiger partial charge in [-0.25, -0.2) is 9.00 Å². The highest BCUT2D eigenvalue weighted by atomic mass is 32.2. The second kappa shape index (κ2) is 3.92. The van der Waals surface area contributed by atoms with Crippen LogP contribution in [-0.4, -0.2) is 14.8 Å². The van der Waals surface area contributed by atoms with E-state index in [1.165, 1.54) is 18.2 Å². The van der Waals surface area contributed by atoms with Gasteiger partial charge in [-0.3, -0.25) is 0 Å². The minimum absolute atomic E-state index is 0.112. The molecule has 0 fully saturated rings. The maximum Gasteiger partial charge on any atom is 0.240 e. The first kappa shape index (κ1) is 8.80. The van der Waals surface area contributed by atoms with Crippen LogP contribution in [0.2, 0.25) is 0 Å². The van der Waals surface area contributed by atoms with Crippen molar-refractivity contribution in [3.05, 3.63) is 24.3 Å². The van der Waals surface area contributed by atoms with Crippen LogP contribution in [0.5, 0.6) is 0 Å². The van der Waals surface area contributed by atoms with Gasteiger partial charge in [0.25, 0.3) is 0 Å². The van der Waals surface area contributed by atoms with Gasteiger partial charge in [-0.15, -0.1) is 0 Å². The number of benzene rings is 1. The van der Waals surface area contributed by atoms with Crippen LogP contribution in [0.4, 0.5) is 5.69 Å². The minimum Gasteiger partial charge on any atom is -0.302 e. The number of para-hydroxylation sites is 1. The summed E-state index contributed by atoms with van der Waals surface area (Å²) in [6.45, 7) is 0. The smallest absolute Gasteiger partial charge is 0.240 e. The maximum absolute atomic E-state index is 10.6. The fraction of sp³-hybridized carbons (Fsp3) is 0. The van der Waals surface area contributed by atoms with Crippen molar-refractivity contribution >= 4 is 22.8 Å². The normalized spacial score (nSPS) is 11.8. The molecule has 0 amide bonds. The molecule has 0 aromatic heterocycles. The van der Waals surface area contributed by atoms with Gasteiger partial charge in [-0.2, -0.15) is 4.99 Å². The molecule has 12 heavy (non-hydrogen) atoms. The first-order chi connectivity index (χ1) is 5.75. The Morgan fingerprint density at radius 1 is 1.42 bits per heavy atom. The van der Waals surface area contributed by atoms with Gasteiger partial charge < -0.3 is 4.55 Å². The summed E-state index contributed by atoms with van der Waals surface area (Å²) >= 11 is -2.11. The third-order valence-electron chi connectivity index (χ3n) is 1.22. The Hall–Kier alpha value is -1.29. The molecular formula is C7H5NO3S. The minimum atomic E-state index is -2.11. The summed E-state index contributed by atoms with van der Waals surface area (Å²) in [4.78, 5) is 13.3. The third-order valence-corrected chi connectivity index (χ3v) is 1.94. The number of aliphatic imine (C=N–C) groups is 1. The number of hydrogen-bond donors (Lipinski definition) is 1. The Labute approximate surface area is 71.2 Å². The van der Waals surface area contributed by atoms with Gasteiger partial charge in [0.2, 0.25) is 6.08 Å². The van der Waals surface area contributed by atoms with Crippen LogP contribution in [0.25, 0.3) is 0 Å². The molecule has 62 valence electrons. The van der Waals surface area contributed by atoms with Crippen LogP contribution in [0.1, 0.15) is 0 Å². The molecule has 1 rings (SSSR count). The molecule has 0 saturated heterocycles. The first-order valence-corrected chi connectivity index (χ1v) is 4.14. The highest BCUT2D eigenvalue weighted by Gasteiger charge is 2.04. The van der Waals surface area contributed by atoms with Crippen molar-refractivity contribution in [3.63, 3.8) is 0 Å². The van der Waals surface area contributed by atoms with Crippen molar-refractivity contribution in [3.8, 4) is 0 Å². The van der Waals surface area contributed by atoms with Crippen molar-refractivity contribution in [1.82, 2.24) is 0 Å². The van der Waals surface area contributed by atoms with Crippen molar-refractivity contribution in [1.29, 1.82) is 0 Å². The summed E-state index contributed by atoms with van der Waals surface area (Å²) in [5, 5.41) is 0. The molecule has 1 aromatic rings. The Bertz CT molecular complexity index is 336. The molecule has 4 nitrogen and oxygen atoms in total. The summed E-state index contributed by atoms with van der Waals surface area (Å²) in [6.07, 6.45) is 1.31. The number of carbonyl (C=O) groups excluding carboxylic acids is 1. The summed E-state index contributed by atoms with van der Waals surface area (Å²) in [5.41, 5.74) is 0.174. The predicted octanol–water partition coefficient (Wildman–Crippen LogP) is 1.23. The van der Waals surface area contributed by atoms with E-state index in [4.69, 9.17) is 4.55 Å². The van der Waals surface area contributed by atoms with Gasteiger partial charge in [0.05, 0.1) is 10.6 Å². The van der Waals surface area contributed by atoms with E-state index >= 15 is 0 Å². The standard InChI is InChI=1S/C7H5NO3S/c9-5-8-6-3-1-2-4-7(6)12(10)11/h1-4H,(H,10,11). The largest absolute Gasteiger partial charge is 0.302 e. The zero-order valence-corrected chi connectivity index (χ0v) is 6.75. The Balaban J connectivity index is 3.26. The number of hydrogen-bond acceptors (Lipinski definition) is 3. The summed E-state index contributed by atoms with van der Waals surface area (Å²) in [6, 6.07) is 6.10. The second-order valence-electron chi connectivity index (χ2n) is 1.92. The lowest BCUT2D eigenvalue weighted by molar-refractivity contribution is 0.563. The van der Waals surface area contributed by atoms with E-state index in [9.17, 15) is 9.00 Å². The molecule has 0 bridgehead atoms. The number of isocyanates is 1. The van der Waals surface area contributed by atoms with E-state index in [1.807, 2.05) is 0 Å². The van der Waals surface area contributed by atoms with Crippen molar-refractivity contribution in [2.45, 2.75) is 4.90 Å². The molecule has 1 aromatic carbocycles. The molecule has 5 heteroatoms. The van der Waals surface area contributed by atoms with Gasteiger partial charge >= 0.3 is 0 Å². The van der Waals surface area contributed by atoms with Gasteiger partial charge in [0.1, 0.15) is 0 Å². The van der Waals surface area contributed by atoms with Crippen LogP contribution in [-0.2, 0) is 15.9 Å². The summed E-state index contributed by atoms with van der Waals surface area (Å²) in [7, 11) is 0. The van der Waals surface area contributed by atoms with E-state index < -0.39 is 11.1 Å². The highest BCUT2D eigenvalue weighted by Crippen LogP contribution is 2.20. The second-order valence-corrected chi connectivity index (χ2v) is 2.86. The van der Waals surface area contributed by atoms with Gasteiger partial charge in [-0.1, -0.05) is 12.1 Å². The zero-order valence-electron chi connectivity index (χ0n) is 5.93. The van der Waals surface area contributed by atoms with E-state index in [0.717, 1.165) is 0 Å². The lowest BCUT2D eigenvalue weighted by Crippen LogP contribution is -1.87. The van der Waals surface area contributed by atoms with Crippen LogP contribution in [0.15, 0.2) is 34.2 Å². The lowest BCUT2D eigenvalue weighted by Gasteiger charge is -1.96. The molecule has 0 aliphatic carbocycles. The van der Waals surface area contributed by atoms with Crippen LogP contribution >= 0.6 is 0 Å². The quantitative estimate of drug-likeness (QED) is 0.426. The summed E-state index contributed by atoms with van der Waals surface area (Å²) < 4.78 is 19.3. The maximum atomic E-state index is 10.6. The van der Waals surface area contributed by atoms with E-state index in [1.54, 1.807) is 12.1 Å². The van der Waals surface area contributed by atoms with Crippen LogP contribution in [0, 0.1) is 0 Å². The average Bonchev–Trinajstić information content (AvgIpc) is 2.05. The fourth-order valence-corrected chi connectivity index (χ4v) is 1.23. The average molecular weight is 183 g/mol. The van der Waals surface area contributed by atoms with Gasteiger partial charge in [-0.05, 0) is 12.1 Å². The van der Waals surface area contributed by atoms with Crippen molar-refractivity contribution < 1.29 is 13.6 Å². The van der Waals surface area contributed by atoms with Crippen molar-refractivity contribution in [2.75, 3.05) is 0 Å². The lowest BCUT2D eigenvalue weighted by atomic mass is 10.3. The molecule has 0 spiro atoms. The zero-order chi connectivity index (χ0) is 8.97. The Morgan fingerprint density at radius 3 is 2.67 bits per heavy atom. The van der Waals surface area contributed by atoms with Gasteiger partial charge in [0.15, 0.2) is 11.1 Å². The van der Waals surface area contributed by atoms with E-state index in [0.29, 0.717) is 0 Å². The first-order valence-electron chi connectivity index (χ1n) is 3.03. The molecule has 0 aliphatic heterocycles. The SMILES string of the molecule is O=C=Nc1ccccc1S(=O)O. The number of nitrogens with zero attached hydrogens (tertiary/aromatic N) is 1. The van der Waals surface area contributed by atoms with Gasteiger partial charge in [0, 0.05) is 0 Å². The molecule has 1 N–H and O–H groups in total. The van der Waals surface area contributed by atoms with E-state index in [-0.39, 0.29) is 10.6 Å². The van der Waals surface area contributed by atoms with Crippen LogP contribution < -0.4 is 0 Å². The molecule has 1 unspecified atom stereocenters. The molecule has 0 aliphatic rings. The molecule has 0 heterocycles. The number of rotatable bonds is 2. The molecule has 0 saturated carbocycles. The van der Waals surface area contributed by atoms with E-state index in [2.05, 4.69) is 4.99 Å². The molecular weight excluding hydrogens is 178 g/mol. The molecule has 0 radical (unpaired) electrons. The fourth-order valence-electron chi connectivity index (χ4n) is 0.746. The Kier molecular flexibility index (Phi) is 2.88. The topological polar surface area (TPSA) is 66.7 Å². The molecule has 1 atom stereocenters. The monoisotopic (exact) mass is 183 g/mol. The summed E-state index contributed by atoms with van der Waals surface area (Å²) in [5.74, 6) is 0. The predicted molar refractivity (Wildman–Crippen MR) is 43.3 cm³/mol. The Morgan fingerprint density at radius 2 is 2.08 bits per heavy atom. The highest BCUT2D eigenvalue weighted by molar-refractivity contribution is 7.79. The third kappa shape index (κ3) is 1.85. The van der Waals surface area contributed by atoms with Crippen molar-refractivity contribution in [2.24, 2.45) is 4.99 Å². The van der Waals surface area contributed by atoms with Crippen LogP contribution in [0.3, 0.4) is 0 Å².